The van der Waals surface area contributed by atoms with E-state index < -0.39 is 0 Å². The van der Waals surface area contributed by atoms with Crippen LogP contribution in [0.15, 0.2) is 28.6 Å². The average Bonchev–Trinajstić information content (AvgIpc) is 3.46. The Morgan fingerprint density at radius 3 is 2.72 bits per heavy atom. The molecule has 1 fully saturated rings. The van der Waals surface area contributed by atoms with Crippen LogP contribution in [0, 0.1) is 0 Å². The lowest BCUT2D eigenvalue weighted by Crippen LogP contribution is -2.38. The van der Waals surface area contributed by atoms with Gasteiger partial charge in [-0.3, -0.25) is 4.99 Å². The summed E-state index contributed by atoms with van der Waals surface area (Å²) in [4.78, 5) is 11.2. The minimum atomic E-state index is 0. The van der Waals surface area contributed by atoms with E-state index in [9.17, 15) is 0 Å². The fraction of sp³-hybridized carbons (Fsp3) is 0.565. The molecule has 0 saturated heterocycles. The number of nitrogens with one attached hydrogen (secondary N) is 1. The molecule has 1 saturated carbocycles. The maximum absolute atomic E-state index is 6.35. The van der Waals surface area contributed by atoms with E-state index in [1.165, 1.54) is 12.8 Å². The molecule has 2 aromatic rings. The maximum Gasteiger partial charge on any atom is 0.194 e. The molecule has 0 bridgehead atoms. The molecule has 0 amide bonds. The molecular formula is C23H35IN4O3S. The third-order valence-corrected chi connectivity index (χ3v) is 6.60. The molecule has 1 unspecified atom stereocenters. The number of hydrogen-bond donors (Lipinski definition) is 1. The van der Waals surface area contributed by atoms with Crippen LogP contribution in [0.3, 0.4) is 0 Å². The second kappa shape index (κ2) is 13.2. The van der Waals surface area contributed by atoms with Gasteiger partial charge in [0, 0.05) is 38.7 Å². The van der Waals surface area contributed by atoms with E-state index in [0.29, 0.717) is 13.1 Å². The van der Waals surface area contributed by atoms with E-state index in [0.717, 1.165) is 46.6 Å². The van der Waals surface area contributed by atoms with Gasteiger partial charge in [-0.25, -0.2) is 4.98 Å². The number of aromatic nitrogens is 1. The van der Waals surface area contributed by atoms with Gasteiger partial charge in [0.15, 0.2) is 17.5 Å². The van der Waals surface area contributed by atoms with E-state index in [-0.39, 0.29) is 36.2 Å². The van der Waals surface area contributed by atoms with E-state index in [1.54, 1.807) is 32.6 Å². The zero-order chi connectivity index (χ0) is 22.2. The Bertz CT molecular complexity index is 871. The SMILES string of the molecule is CN=C(NCc1cccc(OC)c1OC1CCCC1)N(C)Cc1csc(C(C)OC)n1.I. The summed E-state index contributed by atoms with van der Waals surface area (Å²) in [5.41, 5.74) is 2.06. The molecule has 1 heterocycles. The van der Waals surface area contributed by atoms with Gasteiger partial charge in [-0.2, -0.15) is 0 Å². The zero-order valence-electron chi connectivity index (χ0n) is 19.6. The van der Waals surface area contributed by atoms with Crippen LogP contribution in [0.2, 0.25) is 0 Å². The van der Waals surface area contributed by atoms with Gasteiger partial charge < -0.3 is 24.4 Å². The summed E-state index contributed by atoms with van der Waals surface area (Å²) in [5.74, 6) is 2.40. The molecule has 3 rings (SSSR count). The van der Waals surface area contributed by atoms with Crippen molar-refractivity contribution in [1.82, 2.24) is 15.2 Å². The van der Waals surface area contributed by atoms with Crippen LogP contribution < -0.4 is 14.8 Å². The van der Waals surface area contributed by atoms with Gasteiger partial charge in [0.1, 0.15) is 11.1 Å². The summed E-state index contributed by atoms with van der Waals surface area (Å²) >= 11 is 1.62. The predicted octanol–water partition coefficient (Wildman–Crippen LogP) is 5.01. The van der Waals surface area contributed by atoms with Crippen molar-refractivity contribution in [2.75, 3.05) is 28.3 Å². The van der Waals surface area contributed by atoms with Crippen LogP contribution in [0.4, 0.5) is 0 Å². The zero-order valence-corrected chi connectivity index (χ0v) is 22.7. The summed E-state index contributed by atoms with van der Waals surface area (Å²) in [5, 5.41) is 6.51. The molecule has 1 atom stereocenters. The van der Waals surface area contributed by atoms with Gasteiger partial charge in [-0.05, 0) is 38.7 Å². The van der Waals surface area contributed by atoms with Gasteiger partial charge in [0.2, 0.25) is 0 Å². The normalized spacial score (nSPS) is 15.2. The van der Waals surface area contributed by atoms with Crippen molar-refractivity contribution >= 4 is 41.3 Å². The second-order valence-corrected chi connectivity index (χ2v) is 8.67. The Balaban J connectivity index is 0.00000363. The highest BCUT2D eigenvalue weighted by Crippen LogP contribution is 2.34. The number of para-hydroxylation sites is 1. The monoisotopic (exact) mass is 574 g/mol. The lowest BCUT2D eigenvalue weighted by atomic mass is 10.1. The predicted molar refractivity (Wildman–Crippen MR) is 140 cm³/mol. The van der Waals surface area contributed by atoms with Gasteiger partial charge in [0.25, 0.3) is 0 Å². The number of benzene rings is 1. The number of nitrogens with zero attached hydrogens (tertiary/aromatic N) is 3. The van der Waals surface area contributed by atoms with Crippen LogP contribution in [0.25, 0.3) is 0 Å². The number of hydrogen-bond acceptors (Lipinski definition) is 6. The first-order chi connectivity index (χ1) is 15.0. The van der Waals surface area contributed by atoms with Crippen molar-refractivity contribution in [2.24, 2.45) is 4.99 Å². The van der Waals surface area contributed by atoms with E-state index >= 15 is 0 Å². The summed E-state index contributed by atoms with van der Waals surface area (Å²) in [6, 6.07) is 6.03. The van der Waals surface area contributed by atoms with E-state index in [4.69, 9.17) is 14.2 Å². The van der Waals surface area contributed by atoms with Crippen molar-refractivity contribution in [3.05, 3.63) is 39.8 Å². The number of guanidine groups is 1. The fourth-order valence-electron chi connectivity index (χ4n) is 3.73. The maximum atomic E-state index is 6.35. The lowest BCUT2D eigenvalue weighted by Gasteiger charge is -2.23. The number of ether oxygens (including phenoxy) is 3. The molecule has 178 valence electrons. The number of aliphatic imine (C=N–C) groups is 1. The molecule has 1 aliphatic carbocycles. The number of rotatable bonds is 9. The van der Waals surface area contributed by atoms with Crippen LogP contribution in [0.1, 0.15) is 55.0 Å². The van der Waals surface area contributed by atoms with Crippen molar-refractivity contribution < 1.29 is 14.2 Å². The number of methoxy groups -OCH3 is 2. The molecule has 0 spiro atoms. The Labute approximate surface area is 212 Å². The van der Waals surface area contributed by atoms with E-state index in [1.807, 2.05) is 26.1 Å². The first-order valence-electron chi connectivity index (χ1n) is 10.8. The molecule has 0 radical (unpaired) electrons. The third-order valence-electron chi connectivity index (χ3n) is 5.55. The largest absolute Gasteiger partial charge is 0.493 e. The minimum absolute atomic E-state index is 0. The summed E-state index contributed by atoms with van der Waals surface area (Å²) in [6.45, 7) is 3.27. The summed E-state index contributed by atoms with van der Waals surface area (Å²) in [7, 11) is 7.19. The lowest BCUT2D eigenvalue weighted by molar-refractivity contribution is 0.119. The Morgan fingerprint density at radius 1 is 1.31 bits per heavy atom. The quantitative estimate of drug-likeness (QED) is 0.258. The second-order valence-electron chi connectivity index (χ2n) is 7.78. The Hall–Kier alpha value is -1.59. The minimum Gasteiger partial charge on any atom is -0.493 e. The highest BCUT2D eigenvalue weighted by molar-refractivity contribution is 14.0. The topological polar surface area (TPSA) is 68.2 Å². The highest BCUT2D eigenvalue weighted by atomic mass is 127. The van der Waals surface area contributed by atoms with Crippen LogP contribution in [-0.2, 0) is 17.8 Å². The Kier molecular flexibility index (Phi) is 11.0. The average molecular weight is 575 g/mol. The summed E-state index contributed by atoms with van der Waals surface area (Å²) in [6.07, 6.45) is 4.94. The molecule has 0 aliphatic heterocycles. The molecule has 1 N–H and O–H groups in total. The van der Waals surface area contributed by atoms with Crippen LogP contribution in [-0.4, -0.2) is 50.3 Å². The molecule has 32 heavy (non-hydrogen) atoms. The van der Waals surface area contributed by atoms with Crippen LogP contribution in [0.5, 0.6) is 11.5 Å². The molecule has 7 nitrogen and oxygen atoms in total. The van der Waals surface area contributed by atoms with Crippen molar-refractivity contribution in [2.45, 2.75) is 57.9 Å². The first kappa shape index (κ1) is 26.7. The van der Waals surface area contributed by atoms with Crippen molar-refractivity contribution in [3.8, 4) is 11.5 Å². The molecule has 9 heteroatoms. The van der Waals surface area contributed by atoms with Crippen molar-refractivity contribution in [3.63, 3.8) is 0 Å². The first-order valence-corrected chi connectivity index (χ1v) is 11.6. The smallest absolute Gasteiger partial charge is 0.194 e. The summed E-state index contributed by atoms with van der Waals surface area (Å²) < 4.78 is 17.3. The standard InChI is InChI=1S/C23H34N4O3S.HI/c1-16(28-4)22-26-18(15-31-22)14-27(3)23(24-2)25-13-17-9-8-12-20(29-5)21(17)30-19-10-6-7-11-19;/h8-9,12,15-16,19H,6-7,10-11,13-14H2,1-5H3,(H,24,25);1H. The van der Waals surface area contributed by atoms with Crippen LogP contribution >= 0.6 is 35.3 Å². The van der Waals surface area contributed by atoms with Gasteiger partial charge in [0.05, 0.1) is 25.5 Å². The van der Waals surface area contributed by atoms with Crippen molar-refractivity contribution in [1.29, 1.82) is 0 Å². The Morgan fingerprint density at radius 2 is 2.06 bits per heavy atom. The molecule has 1 aromatic heterocycles. The highest BCUT2D eigenvalue weighted by Gasteiger charge is 2.21. The van der Waals surface area contributed by atoms with E-state index in [2.05, 4.69) is 31.6 Å². The van der Waals surface area contributed by atoms with Gasteiger partial charge in [-0.15, -0.1) is 35.3 Å². The third kappa shape index (κ3) is 6.95. The van der Waals surface area contributed by atoms with Gasteiger partial charge in [-0.1, -0.05) is 12.1 Å². The number of halogens is 1. The molecule has 1 aromatic carbocycles. The molecular weight excluding hydrogens is 539 g/mol. The number of thiazole rings is 1. The molecule has 1 aliphatic rings. The van der Waals surface area contributed by atoms with Gasteiger partial charge >= 0.3 is 0 Å². The fourth-order valence-corrected chi connectivity index (χ4v) is 4.57.